The van der Waals surface area contributed by atoms with Crippen LogP contribution in [0, 0.1) is 13.8 Å². The molecule has 136 valence electrons. The highest BCUT2D eigenvalue weighted by Crippen LogP contribution is 2.35. The van der Waals surface area contributed by atoms with Crippen molar-refractivity contribution < 1.29 is 4.79 Å². The molecule has 1 aliphatic heterocycles. The Labute approximate surface area is 156 Å². The van der Waals surface area contributed by atoms with Gasteiger partial charge < -0.3 is 10.2 Å². The van der Waals surface area contributed by atoms with E-state index in [-0.39, 0.29) is 11.9 Å². The van der Waals surface area contributed by atoms with E-state index in [2.05, 4.69) is 39.1 Å². The van der Waals surface area contributed by atoms with Crippen LogP contribution in [0.4, 0.5) is 5.82 Å². The van der Waals surface area contributed by atoms with Crippen molar-refractivity contribution in [2.24, 2.45) is 7.05 Å². The summed E-state index contributed by atoms with van der Waals surface area (Å²) in [6.07, 6.45) is 5.40. The van der Waals surface area contributed by atoms with Crippen molar-refractivity contribution in [1.82, 2.24) is 25.1 Å². The lowest BCUT2D eigenvalue weighted by Gasteiger charge is -2.34. The summed E-state index contributed by atoms with van der Waals surface area (Å²) >= 11 is 1.71. The highest BCUT2D eigenvalue weighted by Gasteiger charge is 2.25. The Morgan fingerprint density at radius 3 is 2.96 bits per heavy atom. The van der Waals surface area contributed by atoms with Crippen LogP contribution in [0.5, 0.6) is 0 Å². The monoisotopic (exact) mass is 370 g/mol. The van der Waals surface area contributed by atoms with Gasteiger partial charge in [0.05, 0.1) is 5.39 Å². The van der Waals surface area contributed by atoms with Crippen LogP contribution in [0.25, 0.3) is 10.2 Å². The van der Waals surface area contributed by atoms with Gasteiger partial charge in [-0.15, -0.1) is 11.3 Å². The second-order valence-electron chi connectivity index (χ2n) is 6.79. The van der Waals surface area contributed by atoms with E-state index < -0.39 is 0 Å². The smallest absolute Gasteiger partial charge is 0.272 e. The Bertz CT molecular complexity index is 962. The van der Waals surface area contributed by atoms with Gasteiger partial charge in [-0.2, -0.15) is 5.10 Å². The number of fused-ring (bicyclic) bond motifs is 1. The lowest BCUT2D eigenvalue weighted by Crippen LogP contribution is -2.48. The summed E-state index contributed by atoms with van der Waals surface area (Å²) in [6.45, 7) is 5.94. The van der Waals surface area contributed by atoms with E-state index in [9.17, 15) is 4.79 Å². The highest BCUT2D eigenvalue weighted by atomic mass is 32.1. The molecule has 1 saturated heterocycles. The molecular formula is C18H22N6OS. The fourth-order valence-electron chi connectivity index (χ4n) is 3.49. The predicted molar refractivity (Wildman–Crippen MR) is 103 cm³/mol. The minimum absolute atomic E-state index is 0.0864. The summed E-state index contributed by atoms with van der Waals surface area (Å²) < 4.78 is 1.64. The molecule has 0 bridgehead atoms. The fraction of sp³-hybridized carbons (Fsp3) is 0.444. The molecule has 1 N–H and O–H groups in total. The van der Waals surface area contributed by atoms with Crippen molar-refractivity contribution in [1.29, 1.82) is 0 Å². The molecule has 1 fully saturated rings. The van der Waals surface area contributed by atoms with Crippen molar-refractivity contribution in [2.75, 3.05) is 18.0 Å². The number of anilines is 1. The van der Waals surface area contributed by atoms with Crippen molar-refractivity contribution in [3.8, 4) is 0 Å². The fourth-order valence-corrected chi connectivity index (χ4v) is 4.48. The van der Waals surface area contributed by atoms with E-state index in [1.54, 1.807) is 34.6 Å². The molecule has 1 unspecified atom stereocenters. The number of nitrogens with one attached hydrogen (secondary N) is 1. The summed E-state index contributed by atoms with van der Waals surface area (Å²) in [4.78, 5) is 26.0. The summed E-state index contributed by atoms with van der Waals surface area (Å²) in [7, 11) is 1.81. The van der Waals surface area contributed by atoms with Gasteiger partial charge in [-0.25, -0.2) is 9.97 Å². The second kappa shape index (κ2) is 6.68. The summed E-state index contributed by atoms with van der Waals surface area (Å²) in [5.74, 6) is 0.862. The molecule has 26 heavy (non-hydrogen) atoms. The van der Waals surface area contributed by atoms with Gasteiger partial charge in [0, 0.05) is 37.3 Å². The molecule has 8 heteroatoms. The zero-order chi connectivity index (χ0) is 18.3. The minimum Gasteiger partial charge on any atom is -0.354 e. The first-order chi connectivity index (χ1) is 12.5. The molecule has 3 aromatic rings. The average Bonchev–Trinajstić information content (AvgIpc) is 3.19. The third-order valence-corrected chi connectivity index (χ3v) is 6.06. The van der Waals surface area contributed by atoms with E-state index in [0.29, 0.717) is 5.69 Å². The first kappa shape index (κ1) is 17.0. The summed E-state index contributed by atoms with van der Waals surface area (Å²) in [5.41, 5.74) is 1.71. The highest BCUT2D eigenvalue weighted by molar-refractivity contribution is 7.18. The number of hydrogen-bond donors (Lipinski definition) is 1. The number of amides is 1. The average molecular weight is 370 g/mol. The van der Waals surface area contributed by atoms with Crippen LogP contribution in [0.1, 0.15) is 33.8 Å². The first-order valence-corrected chi connectivity index (χ1v) is 9.60. The zero-order valence-electron chi connectivity index (χ0n) is 15.2. The molecule has 4 rings (SSSR count). The topological polar surface area (TPSA) is 75.9 Å². The maximum absolute atomic E-state index is 12.4. The second-order valence-corrected chi connectivity index (χ2v) is 8.00. The molecule has 1 aliphatic rings. The molecule has 0 radical (unpaired) electrons. The number of piperidine rings is 1. The maximum atomic E-state index is 12.4. The third kappa shape index (κ3) is 3.05. The van der Waals surface area contributed by atoms with Crippen LogP contribution in [-0.4, -0.2) is 44.8 Å². The van der Waals surface area contributed by atoms with Crippen LogP contribution < -0.4 is 10.2 Å². The van der Waals surface area contributed by atoms with Gasteiger partial charge in [-0.3, -0.25) is 9.48 Å². The van der Waals surface area contributed by atoms with Gasteiger partial charge in [0.15, 0.2) is 0 Å². The van der Waals surface area contributed by atoms with E-state index in [4.69, 9.17) is 0 Å². The van der Waals surface area contributed by atoms with E-state index in [1.807, 2.05) is 7.05 Å². The molecule has 4 heterocycles. The van der Waals surface area contributed by atoms with Gasteiger partial charge in [-0.1, -0.05) is 0 Å². The molecule has 1 amide bonds. The quantitative estimate of drug-likeness (QED) is 0.766. The number of hydrogen-bond acceptors (Lipinski definition) is 6. The predicted octanol–water partition coefficient (Wildman–Crippen LogP) is 2.44. The van der Waals surface area contributed by atoms with Crippen molar-refractivity contribution in [2.45, 2.75) is 32.7 Å². The Morgan fingerprint density at radius 1 is 1.35 bits per heavy atom. The normalized spacial score (nSPS) is 17.7. The molecular weight excluding hydrogens is 348 g/mol. The van der Waals surface area contributed by atoms with E-state index in [0.717, 1.165) is 42.0 Å². The number of carbonyl (C=O) groups excluding carboxylic acids is 1. The van der Waals surface area contributed by atoms with Gasteiger partial charge in [0.1, 0.15) is 22.7 Å². The van der Waals surface area contributed by atoms with Crippen LogP contribution in [0.15, 0.2) is 18.6 Å². The van der Waals surface area contributed by atoms with Crippen LogP contribution in [0.2, 0.25) is 0 Å². The number of nitrogens with zero attached hydrogens (tertiary/aromatic N) is 5. The summed E-state index contributed by atoms with van der Waals surface area (Å²) in [5, 5.41) is 8.44. The first-order valence-electron chi connectivity index (χ1n) is 8.79. The molecule has 0 aromatic carbocycles. The standard InChI is InChI=1S/C18H22N6OS/c1-11-12(2)26-18-15(11)16(19-10-20-18)24-7-4-5-13(9-24)21-17(25)14-6-8-23(3)22-14/h6,8,10,13H,4-5,7,9H2,1-3H3,(H,21,25). The molecule has 0 spiro atoms. The lowest BCUT2D eigenvalue weighted by molar-refractivity contribution is 0.0927. The van der Waals surface area contributed by atoms with Gasteiger partial charge in [-0.05, 0) is 38.3 Å². The van der Waals surface area contributed by atoms with E-state index in [1.165, 1.54) is 10.4 Å². The molecule has 0 saturated carbocycles. The Balaban J connectivity index is 1.55. The Morgan fingerprint density at radius 2 is 2.19 bits per heavy atom. The van der Waals surface area contributed by atoms with Crippen molar-refractivity contribution >= 4 is 33.3 Å². The van der Waals surface area contributed by atoms with Gasteiger partial charge in [0.25, 0.3) is 5.91 Å². The van der Waals surface area contributed by atoms with Crippen LogP contribution in [0.3, 0.4) is 0 Å². The Kier molecular flexibility index (Phi) is 4.36. The number of aromatic nitrogens is 4. The minimum atomic E-state index is -0.118. The number of rotatable bonds is 3. The van der Waals surface area contributed by atoms with Crippen molar-refractivity contribution in [3.05, 3.63) is 34.7 Å². The van der Waals surface area contributed by atoms with Crippen LogP contribution in [-0.2, 0) is 7.05 Å². The molecule has 3 aromatic heterocycles. The largest absolute Gasteiger partial charge is 0.354 e. The summed E-state index contributed by atoms with van der Waals surface area (Å²) in [6, 6.07) is 1.82. The van der Waals surface area contributed by atoms with Gasteiger partial charge in [0.2, 0.25) is 0 Å². The maximum Gasteiger partial charge on any atom is 0.272 e. The molecule has 7 nitrogen and oxygen atoms in total. The van der Waals surface area contributed by atoms with Crippen molar-refractivity contribution in [3.63, 3.8) is 0 Å². The molecule has 1 atom stereocenters. The number of carbonyl (C=O) groups is 1. The lowest BCUT2D eigenvalue weighted by atomic mass is 10.0. The number of thiophene rings is 1. The molecule has 0 aliphatic carbocycles. The SMILES string of the molecule is Cc1sc2ncnc(N3CCCC(NC(=O)c4ccn(C)n4)C3)c2c1C. The zero-order valence-corrected chi connectivity index (χ0v) is 16.0. The van der Waals surface area contributed by atoms with Gasteiger partial charge >= 0.3 is 0 Å². The Hall–Kier alpha value is -2.48. The van der Waals surface area contributed by atoms with E-state index >= 15 is 0 Å². The third-order valence-electron chi connectivity index (χ3n) is 4.95. The number of aryl methyl sites for hydroxylation is 3. The van der Waals surface area contributed by atoms with Crippen LogP contribution >= 0.6 is 11.3 Å².